The van der Waals surface area contributed by atoms with Gasteiger partial charge in [0.25, 0.3) is 0 Å². The van der Waals surface area contributed by atoms with Gasteiger partial charge in [0.05, 0.1) is 0 Å². The average molecular weight is 379 g/mol. The van der Waals surface area contributed by atoms with Gasteiger partial charge in [0.15, 0.2) is 0 Å². The molecule has 26 heavy (non-hydrogen) atoms. The van der Waals surface area contributed by atoms with Crippen LogP contribution in [0, 0.1) is 0 Å². The lowest BCUT2D eigenvalue weighted by atomic mass is 9.98. The number of carbonyl (C=O) groups excluding carboxylic acids is 2. The Morgan fingerprint density at radius 3 is 1.85 bits per heavy atom. The predicted octanol–water partition coefficient (Wildman–Crippen LogP) is 4.75. The number of rotatable bonds is 3. The molecule has 0 unspecified atom stereocenters. The van der Waals surface area contributed by atoms with E-state index in [-0.39, 0.29) is 6.04 Å². The van der Waals surface area contributed by atoms with Crippen molar-refractivity contribution in [3.63, 3.8) is 0 Å². The van der Waals surface area contributed by atoms with Crippen LogP contribution in [-0.2, 0) is 16.1 Å². The molecule has 0 atom stereocenters. The lowest BCUT2D eigenvalue weighted by molar-refractivity contribution is -0.139. The summed E-state index contributed by atoms with van der Waals surface area (Å²) in [4.78, 5) is 24.3. The van der Waals surface area contributed by atoms with E-state index < -0.39 is 11.8 Å². The Morgan fingerprint density at radius 1 is 0.808 bits per heavy atom. The molecule has 1 aliphatic carbocycles. The Bertz CT molecular complexity index is 548. The highest BCUT2D eigenvalue weighted by molar-refractivity contribution is 6.35. The summed E-state index contributed by atoms with van der Waals surface area (Å²) < 4.78 is 0. The number of hydrogen-bond acceptors (Lipinski definition) is 2. The molecule has 0 heterocycles. The first-order chi connectivity index (χ1) is 12.6. The highest BCUT2D eigenvalue weighted by atomic mass is 35.5. The van der Waals surface area contributed by atoms with E-state index in [1.807, 2.05) is 12.1 Å². The zero-order valence-electron chi connectivity index (χ0n) is 15.6. The van der Waals surface area contributed by atoms with Crippen LogP contribution in [0.2, 0.25) is 5.02 Å². The van der Waals surface area contributed by atoms with Crippen LogP contribution >= 0.6 is 11.6 Å². The molecular weight excluding hydrogens is 348 g/mol. The van der Waals surface area contributed by atoms with Crippen molar-refractivity contribution in [1.29, 1.82) is 0 Å². The van der Waals surface area contributed by atoms with Gasteiger partial charge in [-0.3, -0.25) is 9.59 Å². The van der Waals surface area contributed by atoms with Gasteiger partial charge in [0, 0.05) is 17.6 Å². The smallest absolute Gasteiger partial charge is 0.309 e. The molecule has 2 amide bonds. The molecule has 1 aliphatic rings. The van der Waals surface area contributed by atoms with Crippen molar-refractivity contribution in [2.45, 2.75) is 83.2 Å². The Labute approximate surface area is 162 Å². The van der Waals surface area contributed by atoms with Gasteiger partial charge >= 0.3 is 11.8 Å². The van der Waals surface area contributed by atoms with E-state index in [0.717, 1.165) is 31.2 Å². The summed E-state index contributed by atoms with van der Waals surface area (Å²) in [6.45, 7) is 0.327. The van der Waals surface area contributed by atoms with Gasteiger partial charge in [-0.2, -0.15) is 0 Å². The molecule has 5 heteroatoms. The molecular formula is C21H31ClN2O2. The maximum Gasteiger partial charge on any atom is 0.309 e. The molecule has 0 radical (unpaired) electrons. The fraction of sp³-hybridized carbons (Fsp3) is 0.619. The highest BCUT2D eigenvalue weighted by Crippen LogP contribution is 2.17. The van der Waals surface area contributed by atoms with Crippen LogP contribution in [0.4, 0.5) is 0 Å². The topological polar surface area (TPSA) is 58.2 Å². The van der Waals surface area contributed by atoms with E-state index in [1.54, 1.807) is 12.1 Å². The molecule has 2 N–H and O–H groups in total. The maximum absolute atomic E-state index is 12.2. The first-order valence-electron chi connectivity index (χ1n) is 9.98. The molecule has 4 nitrogen and oxygen atoms in total. The monoisotopic (exact) mass is 378 g/mol. The van der Waals surface area contributed by atoms with Crippen molar-refractivity contribution in [2.24, 2.45) is 0 Å². The van der Waals surface area contributed by atoms with Crippen molar-refractivity contribution in [1.82, 2.24) is 10.6 Å². The molecule has 0 aromatic heterocycles. The fourth-order valence-electron chi connectivity index (χ4n) is 3.42. The zero-order valence-corrected chi connectivity index (χ0v) is 16.3. The van der Waals surface area contributed by atoms with E-state index in [9.17, 15) is 9.59 Å². The molecule has 0 saturated heterocycles. The minimum atomic E-state index is -0.564. The third-order valence-corrected chi connectivity index (χ3v) is 5.26. The van der Waals surface area contributed by atoms with Crippen molar-refractivity contribution in [3.05, 3.63) is 34.9 Å². The summed E-state index contributed by atoms with van der Waals surface area (Å²) >= 11 is 5.85. The van der Waals surface area contributed by atoms with Crippen LogP contribution in [0.25, 0.3) is 0 Å². The summed E-state index contributed by atoms with van der Waals surface area (Å²) in [7, 11) is 0. The third-order valence-electron chi connectivity index (χ3n) is 5.01. The van der Waals surface area contributed by atoms with Crippen molar-refractivity contribution >= 4 is 23.4 Å². The van der Waals surface area contributed by atoms with Gasteiger partial charge < -0.3 is 10.6 Å². The van der Waals surface area contributed by atoms with Crippen LogP contribution < -0.4 is 10.6 Å². The average Bonchev–Trinajstić information content (AvgIpc) is 2.63. The predicted molar refractivity (Wildman–Crippen MR) is 106 cm³/mol. The second-order valence-corrected chi connectivity index (χ2v) is 7.68. The highest BCUT2D eigenvalue weighted by Gasteiger charge is 2.18. The summed E-state index contributed by atoms with van der Waals surface area (Å²) in [6, 6.07) is 7.34. The van der Waals surface area contributed by atoms with Crippen LogP contribution in [0.3, 0.4) is 0 Å². The van der Waals surface area contributed by atoms with Crippen LogP contribution in [0.1, 0.15) is 76.2 Å². The minimum absolute atomic E-state index is 0.114. The first kappa shape index (κ1) is 20.8. The number of benzene rings is 1. The first-order valence-corrected chi connectivity index (χ1v) is 10.4. The molecule has 1 fully saturated rings. The standard InChI is InChI=1S/C21H31ClN2O2/c22-18-14-12-17(13-15-18)16-23-20(25)21(26)24-19-10-8-6-4-2-1-3-5-7-9-11-19/h12-15,19H,1-11,16H2,(H,23,25)(H,24,26). The fourth-order valence-corrected chi connectivity index (χ4v) is 3.55. The number of carbonyl (C=O) groups is 2. The minimum Gasteiger partial charge on any atom is -0.345 e. The number of nitrogens with one attached hydrogen (secondary N) is 2. The number of hydrogen-bond donors (Lipinski definition) is 2. The summed E-state index contributed by atoms with van der Waals surface area (Å²) in [5.41, 5.74) is 0.918. The summed E-state index contributed by atoms with van der Waals surface area (Å²) in [5.74, 6) is -1.08. The molecule has 144 valence electrons. The molecule has 2 rings (SSSR count). The normalized spacial score (nSPS) is 17.6. The van der Waals surface area contributed by atoms with Crippen LogP contribution in [0.5, 0.6) is 0 Å². The van der Waals surface area contributed by atoms with E-state index >= 15 is 0 Å². The van der Waals surface area contributed by atoms with Gasteiger partial charge in [-0.15, -0.1) is 0 Å². The number of amides is 2. The van der Waals surface area contributed by atoms with Gasteiger partial charge in [-0.1, -0.05) is 81.5 Å². The Hall–Kier alpha value is -1.55. The Morgan fingerprint density at radius 2 is 1.31 bits per heavy atom. The molecule has 0 bridgehead atoms. The van der Waals surface area contributed by atoms with Crippen LogP contribution in [-0.4, -0.2) is 17.9 Å². The number of halogens is 1. The van der Waals surface area contributed by atoms with Crippen molar-refractivity contribution in [2.75, 3.05) is 0 Å². The SMILES string of the molecule is O=C(NCc1ccc(Cl)cc1)C(=O)NC1CCCCCCCCCCC1. The van der Waals surface area contributed by atoms with Gasteiger partial charge in [0.2, 0.25) is 0 Å². The lowest BCUT2D eigenvalue weighted by Crippen LogP contribution is -2.44. The van der Waals surface area contributed by atoms with Gasteiger partial charge in [-0.25, -0.2) is 0 Å². The van der Waals surface area contributed by atoms with E-state index in [1.165, 1.54) is 44.9 Å². The largest absolute Gasteiger partial charge is 0.345 e. The third kappa shape index (κ3) is 8.22. The van der Waals surface area contributed by atoms with Gasteiger partial charge in [0.1, 0.15) is 0 Å². The van der Waals surface area contributed by atoms with Crippen LogP contribution in [0.15, 0.2) is 24.3 Å². The maximum atomic E-state index is 12.2. The second-order valence-electron chi connectivity index (χ2n) is 7.24. The van der Waals surface area contributed by atoms with E-state index in [4.69, 9.17) is 11.6 Å². The van der Waals surface area contributed by atoms with Crippen molar-refractivity contribution < 1.29 is 9.59 Å². The molecule has 0 spiro atoms. The quantitative estimate of drug-likeness (QED) is 0.746. The molecule has 1 aromatic rings. The Balaban J connectivity index is 1.76. The van der Waals surface area contributed by atoms with Gasteiger partial charge in [-0.05, 0) is 30.5 Å². The molecule has 1 aromatic carbocycles. The summed E-state index contributed by atoms with van der Waals surface area (Å²) in [6.07, 6.45) is 13.2. The zero-order chi connectivity index (χ0) is 18.6. The Kier molecular flexibility index (Phi) is 9.54. The lowest BCUT2D eigenvalue weighted by Gasteiger charge is -2.19. The molecule has 0 aliphatic heterocycles. The van der Waals surface area contributed by atoms with E-state index in [0.29, 0.717) is 11.6 Å². The van der Waals surface area contributed by atoms with Crippen molar-refractivity contribution in [3.8, 4) is 0 Å². The van der Waals surface area contributed by atoms with E-state index in [2.05, 4.69) is 10.6 Å². The molecule has 1 saturated carbocycles. The summed E-state index contributed by atoms with van der Waals surface area (Å²) in [5, 5.41) is 6.28. The second kappa shape index (κ2) is 11.9.